The van der Waals surface area contributed by atoms with Crippen molar-refractivity contribution < 1.29 is 0 Å². The molecule has 0 aliphatic heterocycles. The van der Waals surface area contributed by atoms with Crippen LogP contribution in [-0.2, 0) is 6.54 Å². The summed E-state index contributed by atoms with van der Waals surface area (Å²) in [7, 11) is 0. The fourth-order valence-corrected chi connectivity index (χ4v) is 2.91. The largest absolute Gasteiger partial charge is 0.381 e. The lowest BCUT2D eigenvalue weighted by atomic mass is 10.0. The molecule has 1 aromatic rings. The Balaban J connectivity index is 1.66. The molecule has 2 N–H and O–H groups in total. The van der Waals surface area contributed by atoms with Crippen LogP contribution < -0.4 is 5.73 Å². The quantitative estimate of drug-likeness (QED) is 0.815. The lowest BCUT2D eigenvalue weighted by molar-refractivity contribution is 0.396. The van der Waals surface area contributed by atoms with Gasteiger partial charge in [0.1, 0.15) is 5.02 Å². The fourth-order valence-electron chi connectivity index (χ4n) is 2.76. The third-order valence-corrected chi connectivity index (χ3v) is 3.82. The first-order valence-electron chi connectivity index (χ1n) is 5.21. The molecule has 76 valence electrons. The lowest BCUT2D eigenvalue weighted by Gasteiger charge is -2.10. The number of aromatic nitrogens is 2. The summed E-state index contributed by atoms with van der Waals surface area (Å²) in [6.07, 6.45) is 6.06. The van der Waals surface area contributed by atoms with Gasteiger partial charge in [-0.1, -0.05) is 11.6 Å². The SMILES string of the molecule is Nc1nn(CC2CC3CC3C2)cc1Cl. The fraction of sp³-hybridized carbons (Fsp3) is 0.700. The van der Waals surface area contributed by atoms with Crippen molar-refractivity contribution in [1.82, 2.24) is 9.78 Å². The molecule has 3 rings (SSSR count). The Kier molecular flexibility index (Phi) is 1.78. The zero-order valence-electron chi connectivity index (χ0n) is 7.99. The van der Waals surface area contributed by atoms with Crippen LogP contribution in [0.2, 0.25) is 5.02 Å². The zero-order chi connectivity index (χ0) is 9.71. The maximum Gasteiger partial charge on any atom is 0.164 e. The van der Waals surface area contributed by atoms with Crippen LogP contribution in [0.4, 0.5) is 5.82 Å². The minimum absolute atomic E-state index is 0.454. The van der Waals surface area contributed by atoms with E-state index in [4.69, 9.17) is 17.3 Å². The van der Waals surface area contributed by atoms with Gasteiger partial charge in [0.05, 0.1) is 0 Å². The molecule has 2 saturated carbocycles. The van der Waals surface area contributed by atoms with E-state index in [0.717, 1.165) is 24.3 Å². The highest BCUT2D eigenvalue weighted by Crippen LogP contribution is 2.54. The summed E-state index contributed by atoms with van der Waals surface area (Å²) in [6, 6.07) is 0. The van der Waals surface area contributed by atoms with Gasteiger partial charge in [0.2, 0.25) is 0 Å². The van der Waals surface area contributed by atoms with E-state index >= 15 is 0 Å². The summed E-state index contributed by atoms with van der Waals surface area (Å²) < 4.78 is 1.90. The molecule has 3 nitrogen and oxygen atoms in total. The first kappa shape index (κ1) is 8.60. The van der Waals surface area contributed by atoms with Crippen LogP contribution in [0.3, 0.4) is 0 Å². The molecule has 2 atom stereocenters. The van der Waals surface area contributed by atoms with Crippen LogP contribution in [-0.4, -0.2) is 9.78 Å². The first-order valence-corrected chi connectivity index (χ1v) is 5.58. The summed E-state index contributed by atoms with van der Waals surface area (Å²) >= 11 is 5.84. The predicted octanol–water partition coefficient (Wildman–Crippen LogP) is 2.16. The Labute approximate surface area is 88.2 Å². The number of nitrogens with two attached hydrogens (primary N) is 1. The van der Waals surface area contributed by atoms with E-state index in [1.165, 1.54) is 19.3 Å². The van der Waals surface area contributed by atoms with E-state index in [2.05, 4.69) is 5.10 Å². The van der Waals surface area contributed by atoms with Gasteiger partial charge in [0.25, 0.3) is 0 Å². The number of rotatable bonds is 2. The van der Waals surface area contributed by atoms with E-state index in [1.807, 2.05) is 10.9 Å². The molecule has 2 aliphatic carbocycles. The van der Waals surface area contributed by atoms with Gasteiger partial charge in [-0.15, -0.1) is 0 Å². The minimum Gasteiger partial charge on any atom is -0.381 e. The second-order valence-corrected chi connectivity index (χ2v) is 5.08. The van der Waals surface area contributed by atoms with Gasteiger partial charge < -0.3 is 5.73 Å². The molecule has 2 aliphatic rings. The van der Waals surface area contributed by atoms with Crippen molar-refractivity contribution in [2.75, 3.05) is 5.73 Å². The summed E-state index contributed by atoms with van der Waals surface area (Å²) in [6.45, 7) is 0.990. The predicted molar refractivity (Wildman–Crippen MR) is 56.0 cm³/mol. The van der Waals surface area contributed by atoms with Gasteiger partial charge in [-0.2, -0.15) is 5.10 Å². The standard InChI is InChI=1S/C10H14ClN3/c11-9-5-14(13-10(9)12)4-6-1-7-3-8(7)2-6/h5-8H,1-4H2,(H2,12,13). The Morgan fingerprint density at radius 3 is 2.71 bits per heavy atom. The number of hydrogen-bond donors (Lipinski definition) is 1. The van der Waals surface area contributed by atoms with Crippen molar-refractivity contribution >= 4 is 17.4 Å². The third-order valence-electron chi connectivity index (χ3n) is 3.53. The van der Waals surface area contributed by atoms with E-state index in [9.17, 15) is 0 Å². The second-order valence-electron chi connectivity index (χ2n) is 4.68. The molecular weight excluding hydrogens is 198 g/mol. The normalized spacial score (nSPS) is 34.5. The van der Waals surface area contributed by atoms with Gasteiger partial charge in [-0.25, -0.2) is 0 Å². The van der Waals surface area contributed by atoms with Gasteiger partial charge in [0.15, 0.2) is 5.82 Å². The Morgan fingerprint density at radius 1 is 1.43 bits per heavy atom. The van der Waals surface area contributed by atoms with Gasteiger partial charge in [-0.05, 0) is 37.0 Å². The maximum absolute atomic E-state index is 5.84. The molecule has 0 spiro atoms. The molecule has 0 radical (unpaired) electrons. The minimum atomic E-state index is 0.454. The van der Waals surface area contributed by atoms with Crippen LogP contribution in [0.15, 0.2) is 6.20 Å². The van der Waals surface area contributed by atoms with Gasteiger partial charge >= 0.3 is 0 Å². The smallest absolute Gasteiger partial charge is 0.164 e. The lowest BCUT2D eigenvalue weighted by Crippen LogP contribution is -2.09. The van der Waals surface area contributed by atoms with E-state index < -0.39 is 0 Å². The average Bonchev–Trinajstić information content (AvgIpc) is 2.60. The number of hydrogen-bond acceptors (Lipinski definition) is 2. The number of anilines is 1. The molecule has 0 aromatic carbocycles. The second kappa shape index (κ2) is 2.89. The molecule has 0 bridgehead atoms. The number of fused-ring (bicyclic) bond motifs is 1. The molecule has 2 fully saturated rings. The van der Waals surface area contributed by atoms with Crippen molar-refractivity contribution in [3.8, 4) is 0 Å². The summed E-state index contributed by atoms with van der Waals surface area (Å²) in [5.74, 6) is 3.32. The Bertz CT molecular complexity index is 331. The summed E-state index contributed by atoms with van der Waals surface area (Å²) in [5, 5.41) is 4.75. The van der Waals surface area contributed by atoms with E-state index in [-0.39, 0.29) is 0 Å². The average molecular weight is 212 g/mol. The van der Waals surface area contributed by atoms with Crippen molar-refractivity contribution in [3.63, 3.8) is 0 Å². The highest BCUT2D eigenvalue weighted by Gasteiger charge is 2.45. The molecule has 1 aromatic heterocycles. The molecule has 2 unspecified atom stereocenters. The topological polar surface area (TPSA) is 43.8 Å². The Morgan fingerprint density at radius 2 is 2.14 bits per heavy atom. The zero-order valence-corrected chi connectivity index (χ0v) is 8.74. The van der Waals surface area contributed by atoms with Crippen LogP contribution in [0, 0.1) is 17.8 Å². The van der Waals surface area contributed by atoms with Crippen LogP contribution >= 0.6 is 11.6 Å². The van der Waals surface area contributed by atoms with Crippen molar-refractivity contribution in [2.45, 2.75) is 25.8 Å². The summed E-state index contributed by atoms with van der Waals surface area (Å²) in [4.78, 5) is 0. The molecule has 0 saturated heterocycles. The highest BCUT2D eigenvalue weighted by atomic mass is 35.5. The van der Waals surface area contributed by atoms with Crippen LogP contribution in [0.5, 0.6) is 0 Å². The molecule has 1 heterocycles. The van der Waals surface area contributed by atoms with Crippen LogP contribution in [0.1, 0.15) is 19.3 Å². The summed E-state index contributed by atoms with van der Waals surface area (Å²) in [5.41, 5.74) is 5.59. The molecule has 0 amide bonds. The monoisotopic (exact) mass is 211 g/mol. The molecule has 14 heavy (non-hydrogen) atoms. The molecule has 4 heteroatoms. The highest BCUT2D eigenvalue weighted by molar-refractivity contribution is 6.32. The maximum atomic E-state index is 5.84. The van der Waals surface area contributed by atoms with Crippen LogP contribution in [0.25, 0.3) is 0 Å². The van der Waals surface area contributed by atoms with E-state index in [0.29, 0.717) is 10.8 Å². The van der Waals surface area contributed by atoms with Crippen molar-refractivity contribution in [2.24, 2.45) is 17.8 Å². The number of halogens is 1. The number of nitrogens with zero attached hydrogens (tertiary/aromatic N) is 2. The Hall–Kier alpha value is -0.700. The third kappa shape index (κ3) is 1.40. The van der Waals surface area contributed by atoms with Gasteiger partial charge in [0, 0.05) is 12.7 Å². The first-order chi connectivity index (χ1) is 6.72. The van der Waals surface area contributed by atoms with Crippen molar-refractivity contribution in [1.29, 1.82) is 0 Å². The van der Waals surface area contributed by atoms with Gasteiger partial charge in [-0.3, -0.25) is 4.68 Å². The number of nitrogen functional groups attached to an aromatic ring is 1. The molecular formula is C10H14ClN3. The van der Waals surface area contributed by atoms with Crippen molar-refractivity contribution in [3.05, 3.63) is 11.2 Å². The van der Waals surface area contributed by atoms with E-state index in [1.54, 1.807) is 0 Å².